The van der Waals surface area contributed by atoms with Gasteiger partial charge in [0.2, 0.25) is 10.0 Å². The smallest absolute Gasteiger partial charge is 0.207 e. The first kappa shape index (κ1) is 19.4. The number of nitrogens with zero attached hydrogens (tertiary/aromatic N) is 2. The standard InChI is InChI=1S/C19H17F3N2O2S/c1-13(15-3-2-4-16(11-15)19(20,21)22)24(17-7-8-17)27(25,26)18-9-5-14(12-23)6-10-18/h2-6,9-11,13,17H,7-8H2,1H3/t13-/m0/s1. The highest BCUT2D eigenvalue weighted by Crippen LogP contribution is 2.40. The fourth-order valence-electron chi connectivity index (χ4n) is 2.99. The molecule has 0 saturated heterocycles. The van der Waals surface area contributed by atoms with Crippen LogP contribution < -0.4 is 0 Å². The SMILES string of the molecule is C[C@@H](c1cccc(C(F)(F)F)c1)N(C1CC1)S(=O)(=O)c1ccc(C#N)cc1. The molecule has 0 heterocycles. The van der Waals surface area contributed by atoms with Crippen LogP contribution in [-0.4, -0.2) is 18.8 Å². The molecule has 2 aromatic rings. The van der Waals surface area contributed by atoms with Crippen LogP contribution in [0.2, 0.25) is 0 Å². The molecule has 142 valence electrons. The van der Waals surface area contributed by atoms with Gasteiger partial charge in [0.1, 0.15) is 0 Å². The summed E-state index contributed by atoms with van der Waals surface area (Å²) >= 11 is 0. The van der Waals surface area contributed by atoms with Gasteiger partial charge in [0.25, 0.3) is 0 Å². The van der Waals surface area contributed by atoms with E-state index in [2.05, 4.69) is 0 Å². The summed E-state index contributed by atoms with van der Waals surface area (Å²) in [6.45, 7) is 1.59. The van der Waals surface area contributed by atoms with Crippen molar-refractivity contribution in [2.75, 3.05) is 0 Å². The molecule has 0 amide bonds. The second-order valence-corrected chi connectivity index (χ2v) is 8.34. The van der Waals surface area contributed by atoms with Crippen molar-refractivity contribution in [3.8, 4) is 6.07 Å². The summed E-state index contributed by atoms with van der Waals surface area (Å²) in [5.74, 6) is 0. The second-order valence-electron chi connectivity index (χ2n) is 6.50. The van der Waals surface area contributed by atoms with Crippen molar-refractivity contribution >= 4 is 10.0 Å². The molecule has 0 radical (unpaired) electrons. The molecule has 8 heteroatoms. The summed E-state index contributed by atoms with van der Waals surface area (Å²) in [5, 5.41) is 8.87. The van der Waals surface area contributed by atoms with E-state index in [1.807, 2.05) is 6.07 Å². The van der Waals surface area contributed by atoms with E-state index in [9.17, 15) is 21.6 Å². The molecule has 0 unspecified atom stereocenters. The average Bonchev–Trinajstić information content (AvgIpc) is 3.46. The van der Waals surface area contributed by atoms with Crippen molar-refractivity contribution in [1.82, 2.24) is 4.31 Å². The van der Waals surface area contributed by atoms with Gasteiger partial charge in [-0.15, -0.1) is 0 Å². The highest BCUT2D eigenvalue weighted by Gasteiger charge is 2.42. The minimum absolute atomic E-state index is 0.0206. The van der Waals surface area contributed by atoms with E-state index in [1.54, 1.807) is 6.92 Å². The van der Waals surface area contributed by atoms with Crippen molar-refractivity contribution < 1.29 is 21.6 Å². The molecule has 1 atom stereocenters. The molecule has 3 rings (SSSR count). The highest BCUT2D eigenvalue weighted by atomic mass is 32.2. The summed E-state index contributed by atoms with van der Waals surface area (Å²) in [6, 6.07) is 11.2. The maximum atomic E-state index is 13.1. The Bertz CT molecular complexity index is 975. The van der Waals surface area contributed by atoms with Crippen LogP contribution in [0.15, 0.2) is 53.4 Å². The molecule has 27 heavy (non-hydrogen) atoms. The fraction of sp³-hybridized carbons (Fsp3) is 0.316. The number of hydrogen-bond donors (Lipinski definition) is 0. The quantitative estimate of drug-likeness (QED) is 0.751. The van der Waals surface area contributed by atoms with E-state index in [0.717, 1.165) is 12.1 Å². The number of hydrogen-bond acceptors (Lipinski definition) is 3. The predicted molar refractivity (Wildman–Crippen MR) is 93.1 cm³/mol. The van der Waals surface area contributed by atoms with Gasteiger partial charge in [0.15, 0.2) is 0 Å². The van der Waals surface area contributed by atoms with Crippen LogP contribution in [0.5, 0.6) is 0 Å². The number of rotatable bonds is 5. The fourth-order valence-corrected chi connectivity index (χ4v) is 4.86. The molecular weight excluding hydrogens is 377 g/mol. The number of sulfonamides is 1. The summed E-state index contributed by atoms with van der Waals surface area (Å²) in [5.41, 5.74) is -0.190. The zero-order chi connectivity index (χ0) is 19.8. The number of halogens is 3. The molecule has 0 bridgehead atoms. The van der Waals surface area contributed by atoms with Gasteiger partial charge < -0.3 is 0 Å². The van der Waals surface area contributed by atoms with Crippen LogP contribution >= 0.6 is 0 Å². The Morgan fingerprint density at radius 2 is 1.78 bits per heavy atom. The van der Waals surface area contributed by atoms with E-state index in [1.165, 1.54) is 40.7 Å². The first-order valence-electron chi connectivity index (χ1n) is 8.35. The lowest BCUT2D eigenvalue weighted by molar-refractivity contribution is -0.137. The second kappa shape index (κ2) is 6.98. The number of nitriles is 1. The molecule has 0 aliphatic heterocycles. The predicted octanol–water partition coefficient (Wildman–Crippen LogP) is 4.49. The Morgan fingerprint density at radius 1 is 1.15 bits per heavy atom. The van der Waals surface area contributed by atoms with Gasteiger partial charge in [-0.2, -0.15) is 22.7 Å². The van der Waals surface area contributed by atoms with Crippen molar-refractivity contribution in [2.24, 2.45) is 0 Å². The minimum Gasteiger partial charge on any atom is -0.207 e. The summed E-state index contributed by atoms with van der Waals surface area (Å²) in [6.07, 6.45) is -3.16. The highest BCUT2D eigenvalue weighted by molar-refractivity contribution is 7.89. The van der Waals surface area contributed by atoms with Gasteiger partial charge in [-0.25, -0.2) is 8.42 Å². The van der Waals surface area contributed by atoms with E-state index < -0.39 is 27.8 Å². The number of alkyl halides is 3. The van der Waals surface area contributed by atoms with Gasteiger partial charge >= 0.3 is 6.18 Å². The minimum atomic E-state index is -4.49. The van der Waals surface area contributed by atoms with Crippen molar-refractivity contribution in [3.05, 3.63) is 65.2 Å². The monoisotopic (exact) mass is 394 g/mol. The summed E-state index contributed by atoms with van der Waals surface area (Å²) < 4.78 is 66.6. The van der Waals surface area contributed by atoms with Gasteiger partial charge in [0, 0.05) is 12.1 Å². The zero-order valence-electron chi connectivity index (χ0n) is 14.4. The van der Waals surface area contributed by atoms with Crippen LogP contribution in [0.1, 0.15) is 42.5 Å². The molecule has 1 fully saturated rings. The third kappa shape index (κ3) is 3.99. The first-order valence-corrected chi connectivity index (χ1v) is 9.79. The molecule has 1 aliphatic carbocycles. The largest absolute Gasteiger partial charge is 0.416 e. The molecule has 0 N–H and O–H groups in total. The maximum Gasteiger partial charge on any atom is 0.416 e. The maximum absolute atomic E-state index is 13.1. The van der Waals surface area contributed by atoms with Gasteiger partial charge in [0.05, 0.1) is 22.1 Å². The van der Waals surface area contributed by atoms with Crippen LogP contribution in [-0.2, 0) is 16.2 Å². The van der Waals surface area contributed by atoms with Gasteiger partial charge in [-0.3, -0.25) is 0 Å². The Kier molecular flexibility index (Phi) is 5.02. The van der Waals surface area contributed by atoms with Crippen LogP contribution in [0.4, 0.5) is 13.2 Å². The van der Waals surface area contributed by atoms with E-state index in [-0.39, 0.29) is 16.5 Å². The lowest BCUT2D eigenvalue weighted by Gasteiger charge is -2.29. The van der Waals surface area contributed by atoms with Crippen LogP contribution in [0.25, 0.3) is 0 Å². The van der Waals surface area contributed by atoms with Crippen molar-refractivity contribution in [1.29, 1.82) is 5.26 Å². The molecule has 1 aliphatic rings. The number of benzene rings is 2. The molecule has 0 spiro atoms. The normalized spacial score (nSPS) is 16.1. The molecule has 4 nitrogen and oxygen atoms in total. The average molecular weight is 394 g/mol. The molecule has 2 aromatic carbocycles. The van der Waals surface area contributed by atoms with Gasteiger partial charge in [-0.1, -0.05) is 12.1 Å². The van der Waals surface area contributed by atoms with Gasteiger partial charge in [-0.05, 0) is 61.7 Å². The lowest BCUT2D eigenvalue weighted by atomic mass is 10.0. The topological polar surface area (TPSA) is 61.2 Å². The van der Waals surface area contributed by atoms with E-state index >= 15 is 0 Å². The van der Waals surface area contributed by atoms with E-state index in [4.69, 9.17) is 5.26 Å². The van der Waals surface area contributed by atoms with Crippen molar-refractivity contribution in [3.63, 3.8) is 0 Å². The third-order valence-corrected chi connectivity index (χ3v) is 6.58. The zero-order valence-corrected chi connectivity index (χ0v) is 15.3. The first-order chi connectivity index (χ1) is 12.6. The molecular formula is C19H17F3N2O2S. The summed E-state index contributed by atoms with van der Waals surface area (Å²) in [7, 11) is -3.92. The third-order valence-electron chi connectivity index (χ3n) is 4.54. The van der Waals surface area contributed by atoms with E-state index in [0.29, 0.717) is 18.4 Å². The molecule has 0 aromatic heterocycles. The van der Waals surface area contributed by atoms with Crippen molar-refractivity contribution in [2.45, 2.75) is 42.9 Å². The Balaban J connectivity index is 1.99. The summed E-state index contributed by atoms with van der Waals surface area (Å²) in [4.78, 5) is 0.0206. The van der Waals surface area contributed by atoms with Crippen LogP contribution in [0.3, 0.4) is 0 Å². The Morgan fingerprint density at radius 3 is 2.30 bits per heavy atom. The molecule has 1 saturated carbocycles. The Labute approximate surface area is 155 Å². The Hall–Kier alpha value is -2.37. The lowest BCUT2D eigenvalue weighted by Crippen LogP contribution is -2.35. The van der Waals surface area contributed by atoms with Crippen LogP contribution in [0, 0.1) is 11.3 Å².